The molecule has 1 aliphatic carbocycles. The van der Waals surface area contributed by atoms with Gasteiger partial charge in [-0.1, -0.05) is 6.07 Å². The lowest BCUT2D eigenvalue weighted by Crippen LogP contribution is -2.59. The van der Waals surface area contributed by atoms with Crippen molar-refractivity contribution in [1.29, 1.82) is 0 Å². The molecule has 32 heavy (non-hydrogen) atoms. The summed E-state index contributed by atoms with van der Waals surface area (Å²) in [4.78, 5) is 22.2. The van der Waals surface area contributed by atoms with Crippen molar-refractivity contribution < 1.29 is 9.53 Å². The number of amides is 1. The van der Waals surface area contributed by atoms with E-state index in [1.807, 2.05) is 49.2 Å². The lowest BCUT2D eigenvalue weighted by atomic mass is 9.64. The molecule has 4 aromatic rings. The zero-order valence-electron chi connectivity index (χ0n) is 17.7. The van der Waals surface area contributed by atoms with E-state index in [1.165, 1.54) is 0 Å². The van der Waals surface area contributed by atoms with Crippen molar-refractivity contribution >= 4 is 27.5 Å². The molecule has 2 fully saturated rings. The number of thiophene rings is 1. The third kappa shape index (κ3) is 3.49. The molecule has 1 amide bonds. The number of hydrogen-bond acceptors (Lipinski definition) is 6. The zero-order valence-corrected chi connectivity index (χ0v) is 18.6. The van der Waals surface area contributed by atoms with E-state index in [4.69, 9.17) is 4.74 Å². The third-order valence-electron chi connectivity index (χ3n) is 6.45. The summed E-state index contributed by atoms with van der Waals surface area (Å²) in [7, 11) is 1.89. The molecule has 1 N–H and O–H groups in total. The molecule has 162 valence electrons. The van der Waals surface area contributed by atoms with E-state index in [2.05, 4.69) is 26.4 Å². The van der Waals surface area contributed by atoms with E-state index in [-0.39, 0.29) is 11.9 Å². The van der Waals surface area contributed by atoms with Gasteiger partial charge in [0.25, 0.3) is 5.91 Å². The first-order valence-corrected chi connectivity index (χ1v) is 11.6. The molecule has 0 atom stereocenters. The predicted octanol–water partition coefficient (Wildman–Crippen LogP) is 3.59. The van der Waals surface area contributed by atoms with Gasteiger partial charge in [-0.3, -0.25) is 14.5 Å². The molecule has 2 aliphatic rings. The molecule has 1 saturated carbocycles. The molecule has 4 aromatic heterocycles. The molecular formula is C24H23N5O2S. The number of ether oxygens (including phenoxy) is 1. The van der Waals surface area contributed by atoms with Crippen LogP contribution in [0.15, 0.2) is 48.2 Å². The summed E-state index contributed by atoms with van der Waals surface area (Å²) in [6.07, 6.45) is 8.36. The minimum absolute atomic E-state index is 0.0931. The van der Waals surface area contributed by atoms with Crippen molar-refractivity contribution in [3.05, 3.63) is 65.1 Å². The Balaban J connectivity index is 1.22. The minimum atomic E-state index is -0.0931. The molecule has 7 nitrogen and oxygen atoms in total. The molecule has 0 unspecified atom stereocenters. The first-order chi connectivity index (χ1) is 15.6. The molecule has 5 heterocycles. The first kappa shape index (κ1) is 19.6. The molecule has 0 bridgehead atoms. The van der Waals surface area contributed by atoms with Crippen molar-refractivity contribution in [1.82, 2.24) is 25.1 Å². The fourth-order valence-electron chi connectivity index (χ4n) is 4.72. The van der Waals surface area contributed by atoms with Gasteiger partial charge in [-0.15, -0.1) is 11.3 Å². The van der Waals surface area contributed by atoms with Gasteiger partial charge in [0.1, 0.15) is 5.69 Å². The maximum atomic E-state index is 12.9. The molecule has 0 aromatic carbocycles. The minimum Gasteiger partial charge on any atom is -0.380 e. The van der Waals surface area contributed by atoms with Crippen LogP contribution in [0.1, 0.15) is 34.5 Å². The summed E-state index contributed by atoms with van der Waals surface area (Å²) in [5, 5.41) is 9.40. The summed E-state index contributed by atoms with van der Waals surface area (Å²) >= 11 is 1.66. The van der Waals surface area contributed by atoms with E-state index < -0.39 is 0 Å². The van der Waals surface area contributed by atoms with Gasteiger partial charge in [0.05, 0.1) is 35.3 Å². The number of carbonyl (C=O) groups is 1. The fraction of sp³-hybridized carbons (Fsp3) is 0.333. The summed E-state index contributed by atoms with van der Waals surface area (Å²) < 4.78 is 8.22. The van der Waals surface area contributed by atoms with Crippen molar-refractivity contribution in [2.75, 3.05) is 13.2 Å². The van der Waals surface area contributed by atoms with Crippen LogP contribution < -0.4 is 5.32 Å². The number of pyridine rings is 2. The smallest absolute Gasteiger partial charge is 0.270 e. The number of carbonyl (C=O) groups excluding carboxylic acids is 1. The van der Waals surface area contributed by atoms with Crippen LogP contribution in [-0.4, -0.2) is 44.9 Å². The summed E-state index contributed by atoms with van der Waals surface area (Å²) in [6, 6.07) is 8.24. The van der Waals surface area contributed by atoms with Gasteiger partial charge in [0.2, 0.25) is 0 Å². The number of nitrogens with one attached hydrogen (secondary N) is 1. The first-order valence-electron chi connectivity index (χ1n) is 10.8. The van der Waals surface area contributed by atoms with Gasteiger partial charge in [-0.05, 0) is 47.5 Å². The maximum absolute atomic E-state index is 12.9. The largest absolute Gasteiger partial charge is 0.380 e. The highest BCUT2D eigenvalue weighted by Gasteiger charge is 2.50. The second kappa shape index (κ2) is 7.50. The Morgan fingerprint density at radius 1 is 1.28 bits per heavy atom. The Kier molecular flexibility index (Phi) is 4.58. The van der Waals surface area contributed by atoms with Crippen molar-refractivity contribution in [3.63, 3.8) is 0 Å². The van der Waals surface area contributed by atoms with Crippen LogP contribution in [0, 0.1) is 5.41 Å². The second-order valence-corrected chi connectivity index (χ2v) is 9.92. The Morgan fingerprint density at radius 2 is 2.16 bits per heavy atom. The number of rotatable bonds is 5. The van der Waals surface area contributed by atoms with Crippen LogP contribution in [0.2, 0.25) is 0 Å². The molecule has 1 aliphatic heterocycles. The van der Waals surface area contributed by atoms with Gasteiger partial charge < -0.3 is 10.1 Å². The SMILES string of the molecule is Cn1cc(-c2ccc(Cc3cc(C(=O)NC4CC5(COC5)C4)nc4ccsc34)cn2)cn1. The topological polar surface area (TPSA) is 81.9 Å². The Bertz CT molecular complexity index is 1300. The highest BCUT2D eigenvalue weighted by Crippen LogP contribution is 2.46. The second-order valence-electron chi connectivity index (χ2n) is 9.00. The number of aryl methyl sites for hydroxylation is 1. The predicted molar refractivity (Wildman–Crippen MR) is 123 cm³/mol. The lowest BCUT2D eigenvalue weighted by molar-refractivity contribution is -0.165. The highest BCUT2D eigenvalue weighted by atomic mass is 32.1. The van der Waals surface area contributed by atoms with Gasteiger partial charge in [0.15, 0.2) is 0 Å². The average Bonchev–Trinajstić information content (AvgIpc) is 3.38. The molecule has 1 saturated heterocycles. The lowest BCUT2D eigenvalue weighted by Gasteiger charge is -2.53. The molecule has 6 rings (SSSR count). The van der Waals surface area contributed by atoms with Crippen LogP contribution in [-0.2, 0) is 18.2 Å². The van der Waals surface area contributed by atoms with Gasteiger partial charge in [-0.2, -0.15) is 5.10 Å². The molecular weight excluding hydrogens is 422 g/mol. The third-order valence-corrected chi connectivity index (χ3v) is 7.43. The van der Waals surface area contributed by atoms with Crippen LogP contribution >= 0.6 is 11.3 Å². The fourth-order valence-corrected chi connectivity index (χ4v) is 5.57. The van der Waals surface area contributed by atoms with Crippen molar-refractivity contribution in [3.8, 4) is 11.3 Å². The number of aromatic nitrogens is 4. The Morgan fingerprint density at radius 3 is 2.84 bits per heavy atom. The molecule has 8 heteroatoms. The van der Waals surface area contributed by atoms with Crippen LogP contribution in [0.5, 0.6) is 0 Å². The van der Waals surface area contributed by atoms with Crippen molar-refractivity contribution in [2.45, 2.75) is 25.3 Å². The van der Waals surface area contributed by atoms with E-state index >= 15 is 0 Å². The number of nitrogens with zero attached hydrogens (tertiary/aromatic N) is 4. The average molecular weight is 446 g/mol. The summed E-state index contributed by atoms with van der Waals surface area (Å²) in [6.45, 7) is 1.66. The van der Waals surface area contributed by atoms with Crippen LogP contribution in [0.25, 0.3) is 21.5 Å². The standard InChI is InChI=1S/C24H23N5O2S/c1-29-12-17(11-26-29)19-3-2-15(10-25-19)6-16-7-21(28-20-4-5-32-22(16)20)23(30)27-18-8-24(9-18)13-31-14-24/h2-5,7,10-12,18H,6,8-9,13-14H2,1H3,(H,27,30). The molecule has 1 spiro atoms. The monoisotopic (exact) mass is 445 g/mol. The van der Waals surface area contributed by atoms with Gasteiger partial charge in [0, 0.05) is 42.9 Å². The van der Waals surface area contributed by atoms with Crippen molar-refractivity contribution in [2.24, 2.45) is 12.5 Å². The van der Waals surface area contributed by atoms with Crippen LogP contribution in [0.3, 0.4) is 0 Å². The molecule has 0 radical (unpaired) electrons. The van der Waals surface area contributed by atoms with Crippen LogP contribution in [0.4, 0.5) is 0 Å². The number of fused-ring (bicyclic) bond motifs is 1. The quantitative estimate of drug-likeness (QED) is 0.508. The van der Waals surface area contributed by atoms with Gasteiger partial charge >= 0.3 is 0 Å². The van der Waals surface area contributed by atoms with E-state index in [0.717, 1.165) is 58.7 Å². The Hall–Kier alpha value is -3.10. The number of hydrogen-bond donors (Lipinski definition) is 1. The Labute approximate surface area is 189 Å². The maximum Gasteiger partial charge on any atom is 0.270 e. The summed E-state index contributed by atoms with van der Waals surface area (Å²) in [5.74, 6) is -0.0931. The van der Waals surface area contributed by atoms with E-state index in [0.29, 0.717) is 17.5 Å². The van der Waals surface area contributed by atoms with E-state index in [1.54, 1.807) is 16.0 Å². The van der Waals surface area contributed by atoms with Gasteiger partial charge in [-0.25, -0.2) is 4.98 Å². The summed E-state index contributed by atoms with van der Waals surface area (Å²) in [5.41, 5.74) is 5.76. The zero-order chi connectivity index (χ0) is 21.7. The highest BCUT2D eigenvalue weighted by molar-refractivity contribution is 7.17. The normalized spacial score (nSPS) is 17.3. The van der Waals surface area contributed by atoms with E-state index in [9.17, 15) is 4.79 Å².